The summed E-state index contributed by atoms with van der Waals surface area (Å²) in [5.41, 5.74) is 2.61. The third-order valence-corrected chi connectivity index (χ3v) is 4.41. The van der Waals surface area contributed by atoms with Crippen molar-refractivity contribution < 1.29 is 9.18 Å². The number of benzene rings is 2. The molecule has 0 spiro atoms. The van der Waals surface area contributed by atoms with Gasteiger partial charge >= 0.3 is 0 Å². The summed E-state index contributed by atoms with van der Waals surface area (Å²) in [7, 11) is 0. The van der Waals surface area contributed by atoms with Gasteiger partial charge in [0, 0.05) is 5.69 Å². The first-order chi connectivity index (χ1) is 12.2. The van der Waals surface area contributed by atoms with E-state index in [1.165, 1.54) is 41.6 Å². The lowest BCUT2D eigenvalue weighted by Gasteiger charge is -2.06. The molecule has 3 aromatic rings. The summed E-state index contributed by atoms with van der Waals surface area (Å²) in [5, 5.41) is 14.8. The maximum absolute atomic E-state index is 12.9. The van der Waals surface area contributed by atoms with Gasteiger partial charge in [0.25, 0.3) is 0 Å². The van der Waals surface area contributed by atoms with Crippen LogP contribution in [0.1, 0.15) is 12.5 Å². The highest BCUT2D eigenvalue weighted by molar-refractivity contribution is 7.99. The fourth-order valence-electron chi connectivity index (χ4n) is 2.16. The molecule has 0 unspecified atom stereocenters. The molecule has 0 radical (unpaired) electrons. The van der Waals surface area contributed by atoms with Crippen LogP contribution in [-0.2, 0) is 11.2 Å². The van der Waals surface area contributed by atoms with Gasteiger partial charge in [-0.05, 0) is 58.8 Å². The van der Waals surface area contributed by atoms with Gasteiger partial charge in [-0.15, -0.1) is 5.10 Å². The molecule has 0 saturated carbocycles. The first-order valence-electron chi connectivity index (χ1n) is 7.71. The van der Waals surface area contributed by atoms with Crippen LogP contribution in [0.2, 0.25) is 0 Å². The fourth-order valence-corrected chi connectivity index (χ4v) is 2.86. The maximum Gasteiger partial charge on any atom is 0.234 e. The molecule has 0 atom stereocenters. The third-order valence-electron chi connectivity index (χ3n) is 3.49. The summed E-state index contributed by atoms with van der Waals surface area (Å²) in [6.45, 7) is 2.09. The zero-order valence-corrected chi connectivity index (χ0v) is 14.3. The molecule has 25 heavy (non-hydrogen) atoms. The molecule has 1 N–H and O–H groups in total. The quantitative estimate of drug-likeness (QED) is 0.686. The number of hydrogen-bond acceptors (Lipinski definition) is 5. The van der Waals surface area contributed by atoms with Crippen LogP contribution in [-0.4, -0.2) is 31.9 Å². The van der Waals surface area contributed by atoms with Gasteiger partial charge in [0.1, 0.15) is 5.82 Å². The van der Waals surface area contributed by atoms with Gasteiger partial charge in [0.2, 0.25) is 11.1 Å². The molecule has 6 nitrogen and oxygen atoms in total. The predicted molar refractivity (Wildman–Crippen MR) is 94.3 cm³/mol. The second kappa shape index (κ2) is 7.89. The number of carbonyl (C=O) groups excluding carboxylic acids is 1. The number of aromatic nitrogens is 4. The summed E-state index contributed by atoms with van der Waals surface area (Å²) in [6, 6.07) is 13.5. The summed E-state index contributed by atoms with van der Waals surface area (Å²) < 4.78 is 14.5. The number of carbonyl (C=O) groups is 1. The van der Waals surface area contributed by atoms with Crippen molar-refractivity contribution >= 4 is 23.4 Å². The van der Waals surface area contributed by atoms with E-state index in [4.69, 9.17) is 0 Å². The topological polar surface area (TPSA) is 72.7 Å². The van der Waals surface area contributed by atoms with Crippen LogP contribution in [0.15, 0.2) is 53.7 Å². The van der Waals surface area contributed by atoms with Gasteiger partial charge in [-0.25, -0.2) is 4.39 Å². The van der Waals surface area contributed by atoms with Crippen LogP contribution in [0.3, 0.4) is 0 Å². The van der Waals surface area contributed by atoms with Crippen molar-refractivity contribution in [2.75, 3.05) is 11.1 Å². The van der Waals surface area contributed by atoms with Crippen LogP contribution in [0.25, 0.3) is 5.69 Å². The second-order valence-electron chi connectivity index (χ2n) is 5.24. The molecular weight excluding hydrogens is 341 g/mol. The Morgan fingerprint density at radius 2 is 1.88 bits per heavy atom. The maximum atomic E-state index is 12.9. The van der Waals surface area contributed by atoms with Crippen molar-refractivity contribution in [3.05, 3.63) is 59.9 Å². The summed E-state index contributed by atoms with van der Waals surface area (Å²) in [5.74, 6) is -0.418. The van der Waals surface area contributed by atoms with E-state index in [0.717, 1.165) is 12.1 Å². The summed E-state index contributed by atoms with van der Waals surface area (Å²) in [4.78, 5) is 12.0. The van der Waals surface area contributed by atoms with Gasteiger partial charge in [-0.3, -0.25) is 4.79 Å². The number of aryl methyl sites for hydroxylation is 1. The Kier molecular flexibility index (Phi) is 5.39. The molecule has 2 aromatic carbocycles. The summed E-state index contributed by atoms with van der Waals surface area (Å²) >= 11 is 1.23. The predicted octanol–water partition coefficient (Wildman–Crippen LogP) is 3.09. The van der Waals surface area contributed by atoms with Crippen molar-refractivity contribution in [1.29, 1.82) is 0 Å². The Morgan fingerprint density at radius 3 is 2.56 bits per heavy atom. The number of nitrogens with zero attached hydrogens (tertiary/aromatic N) is 4. The largest absolute Gasteiger partial charge is 0.325 e. The zero-order chi connectivity index (χ0) is 17.6. The molecule has 0 saturated heterocycles. The molecular formula is C17H16FN5OS. The molecule has 0 aliphatic carbocycles. The molecule has 0 aliphatic rings. The average Bonchev–Trinajstić information content (AvgIpc) is 3.10. The number of thioether (sulfide) groups is 1. The number of hydrogen-bond donors (Lipinski definition) is 1. The van der Waals surface area contributed by atoms with Crippen LogP contribution in [0.4, 0.5) is 10.1 Å². The van der Waals surface area contributed by atoms with Crippen LogP contribution >= 0.6 is 11.8 Å². The first kappa shape index (κ1) is 17.1. The molecule has 3 rings (SSSR count). The van der Waals surface area contributed by atoms with Gasteiger partial charge in [0.15, 0.2) is 0 Å². The van der Waals surface area contributed by atoms with Gasteiger partial charge in [-0.1, -0.05) is 30.8 Å². The van der Waals surface area contributed by atoms with E-state index in [1.807, 2.05) is 24.3 Å². The van der Waals surface area contributed by atoms with Crippen LogP contribution in [0, 0.1) is 5.82 Å². The molecule has 128 valence electrons. The SMILES string of the molecule is CCc1ccc(-n2nnnc2SCC(=O)Nc2ccc(F)cc2)cc1. The highest BCUT2D eigenvalue weighted by Gasteiger charge is 2.12. The number of anilines is 1. The molecule has 1 heterocycles. The Morgan fingerprint density at radius 1 is 1.16 bits per heavy atom. The molecule has 1 amide bonds. The van der Waals surface area contributed by atoms with E-state index < -0.39 is 0 Å². The van der Waals surface area contributed by atoms with Crippen LogP contribution < -0.4 is 5.32 Å². The Bertz CT molecular complexity index is 848. The average molecular weight is 357 g/mol. The lowest BCUT2D eigenvalue weighted by Crippen LogP contribution is -2.14. The van der Waals surface area contributed by atoms with Gasteiger partial charge in [-0.2, -0.15) is 4.68 Å². The minimum absolute atomic E-state index is 0.144. The number of amides is 1. The Labute approximate surface area is 148 Å². The van der Waals surface area contributed by atoms with E-state index in [1.54, 1.807) is 4.68 Å². The van der Waals surface area contributed by atoms with E-state index in [2.05, 4.69) is 27.8 Å². The minimum Gasteiger partial charge on any atom is -0.325 e. The van der Waals surface area contributed by atoms with Gasteiger partial charge < -0.3 is 5.32 Å². The van der Waals surface area contributed by atoms with Crippen molar-refractivity contribution in [2.24, 2.45) is 0 Å². The van der Waals surface area contributed by atoms with E-state index >= 15 is 0 Å². The standard InChI is InChI=1S/C17H16FN5OS/c1-2-12-3-9-15(10-4-12)23-17(20-21-22-23)25-11-16(24)19-14-7-5-13(18)6-8-14/h3-10H,2,11H2,1H3,(H,19,24). The van der Waals surface area contributed by atoms with E-state index in [0.29, 0.717) is 10.8 Å². The minimum atomic E-state index is -0.347. The van der Waals surface area contributed by atoms with Crippen LogP contribution in [0.5, 0.6) is 0 Å². The highest BCUT2D eigenvalue weighted by Crippen LogP contribution is 2.19. The zero-order valence-electron chi connectivity index (χ0n) is 13.5. The smallest absolute Gasteiger partial charge is 0.234 e. The normalized spacial score (nSPS) is 10.6. The van der Waals surface area contributed by atoms with Crippen molar-refractivity contribution in [3.8, 4) is 5.69 Å². The molecule has 8 heteroatoms. The lowest BCUT2D eigenvalue weighted by molar-refractivity contribution is -0.113. The Hall–Kier alpha value is -2.74. The Balaban J connectivity index is 1.62. The summed E-state index contributed by atoms with van der Waals surface area (Å²) in [6.07, 6.45) is 0.959. The number of halogens is 1. The van der Waals surface area contributed by atoms with Crippen molar-refractivity contribution in [2.45, 2.75) is 18.5 Å². The van der Waals surface area contributed by atoms with Crippen molar-refractivity contribution in [3.63, 3.8) is 0 Å². The van der Waals surface area contributed by atoms with E-state index in [9.17, 15) is 9.18 Å². The highest BCUT2D eigenvalue weighted by atomic mass is 32.2. The lowest BCUT2D eigenvalue weighted by atomic mass is 10.1. The van der Waals surface area contributed by atoms with Crippen molar-refractivity contribution in [1.82, 2.24) is 20.2 Å². The number of tetrazole rings is 1. The molecule has 0 aliphatic heterocycles. The molecule has 0 bridgehead atoms. The molecule has 0 fully saturated rings. The molecule has 1 aromatic heterocycles. The second-order valence-corrected chi connectivity index (χ2v) is 6.18. The number of nitrogens with one attached hydrogen (secondary N) is 1. The number of rotatable bonds is 6. The van der Waals surface area contributed by atoms with E-state index in [-0.39, 0.29) is 17.5 Å². The third kappa shape index (κ3) is 4.42. The van der Waals surface area contributed by atoms with Gasteiger partial charge in [0.05, 0.1) is 11.4 Å². The fraction of sp³-hybridized carbons (Fsp3) is 0.176. The first-order valence-corrected chi connectivity index (χ1v) is 8.70. The monoisotopic (exact) mass is 357 g/mol.